The number of benzene rings is 1. The van der Waals surface area contributed by atoms with Gasteiger partial charge in [-0.2, -0.15) is 0 Å². The van der Waals surface area contributed by atoms with Crippen molar-refractivity contribution in [1.82, 2.24) is 10.2 Å². The molecule has 1 aromatic heterocycles. The largest absolute Gasteiger partial charge is 0.480 e. The molecule has 0 radical (unpaired) electrons. The van der Waals surface area contributed by atoms with Crippen molar-refractivity contribution in [3.63, 3.8) is 0 Å². The molecule has 7 nitrogen and oxygen atoms in total. The van der Waals surface area contributed by atoms with Crippen LogP contribution in [-0.2, 0) is 33.6 Å². The number of carboxylic acids is 1. The van der Waals surface area contributed by atoms with E-state index in [1.165, 1.54) is 55.4 Å². The number of rotatable bonds is 24. The number of aliphatic carboxylic acids is 1. The van der Waals surface area contributed by atoms with Gasteiger partial charge in [0.05, 0.1) is 0 Å². The Hall–Kier alpha value is -2.71. The number of unbranched alkanes of at least 4 members (excludes halogenated alkanes) is 11. The van der Waals surface area contributed by atoms with Gasteiger partial charge in [0, 0.05) is 43.0 Å². The minimum atomic E-state index is -0.966. The number of carboxylic acid groups (broad SMARTS) is 1. The molecule has 0 spiro atoms. The average molecular weight is 654 g/mol. The molecule has 1 aliphatic carbocycles. The molecule has 1 heterocycles. The molecule has 256 valence electrons. The van der Waals surface area contributed by atoms with E-state index in [9.17, 15) is 19.5 Å². The molecule has 0 aliphatic heterocycles. The van der Waals surface area contributed by atoms with Gasteiger partial charge in [0.15, 0.2) is 0 Å². The van der Waals surface area contributed by atoms with Crippen molar-refractivity contribution in [2.75, 3.05) is 31.6 Å². The molecule has 0 bridgehead atoms. The lowest BCUT2D eigenvalue weighted by molar-refractivity contribution is -0.136. The first kappa shape index (κ1) is 37.7. The fraction of sp³-hybridized carbons (Fsp3) is 0.658. The lowest BCUT2D eigenvalue weighted by Gasteiger charge is -2.36. The molecule has 2 aromatic rings. The van der Waals surface area contributed by atoms with Crippen LogP contribution >= 0.6 is 11.3 Å². The molecule has 0 saturated carbocycles. The monoisotopic (exact) mass is 653 g/mol. The third-order valence-electron chi connectivity index (χ3n) is 9.39. The van der Waals surface area contributed by atoms with E-state index in [-0.39, 0.29) is 18.4 Å². The van der Waals surface area contributed by atoms with Gasteiger partial charge in [-0.1, -0.05) is 89.3 Å². The second-order valence-electron chi connectivity index (χ2n) is 13.0. The number of amides is 2. The van der Waals surface area contributed by atoms with Gasteiger partial charge in [-0.25, -0.2) is 0 Å². The lowest BCUT2D eigenvalue weighted by atomic mass is 9.85. The standard InChI is InChI=1S/C38H59N3O4S/c1-3-26-40(27-25-33-19-17-28-46-33)32-23-24-34-31(29-32)18-16-20-35(34)41(30-38(44)45)37(43)22-15-13-11-9-7-5-4-6-8-10-12-14-21-36(42)39-2/h16-20,28,32H,3-15,21-27,29-30H2,1-2H3,(H,39,42)(H,44,45)/t32-/m0/s1. The van der Waals surface area contributed by atoms with Gasteiger partial charge in [-0.3, -0.25) is 19.3 Å². The van der Waals surface area contributed by atoms with Crippen molar-refractivity contribution in [3.8, 4) is 0 Å². The van der Waals surface area contributed by atoms with Crippen LogP contribution in [0.25, 0.3) is 0 Å². The van der Waals surface area contributed by atoms with E-state index in [4.69, 9.17) is 0 Å². The molecule has 1 atom stereocenters. The van der Waals surface area contributed by atoms with Crippen molar-refractivity contribution >= 4 is 34.8 Å². The minimum Gasteiger partial charge on any atom is -0.480 e. The molecular formula is C38H59N3O4S. The lowest BCUT2D eigenvalue weighted by Crippen LogP contribution is -2.42. The summed E-state index contributed by atoms with van der Waals surface area (Å²) < 4.78 is 0. The van der Waals surface area contributed by atoms with E-state index >= 15 is 0 Å². The van der Waals surface area contributed by atoms with E-state index in [0.29, 0.717) is 18.9 Å². The number of carbonyl (C=O) groups is 3. The smallest absolute Gasteiger partial charge is 0.323 e. The van der Waals surface area contributed by atoms with Gasteiger partial charge in [-0.15, -0.1) is 11.3 Å². The normalized spacial score (nSPS) is 14.3. The molecule has 2 N–H and O–H groups in total. The average Bonchev–Trinajstić information content (AvgIpc) is 3.58. The number of thiophene rings is 1. The first-order chi connectivity index (χ1) is 22.4. The summed E-state index contributed by atoms with van der Waals surface area (Å²) in [6.45, 7) is 4.10. The number of nitrogens with zero attached hydrogens (tertiary/aromatic N) is 2. The highest BCUT2D eigenvalue weighted by atomic mass is 32.1. The maximum atomic E-state index is 13.4. The van der Waals surface area contributed by atoms with Crippen LogP contribution in [-0.4, -0.2) is 60.5 Å². The maximum Gasteiger partial charge on any atom is 0.323 e. The molecule has 1 aliphatic rings. The quantitative estimate of drug-likeness (QED) is 0.112. The Morgan fingerprint density at radius 2 is 1.52 bits per heavy atom. The topological polar surface area (TPSA) is 90.0 Å². The minimum absolute atomic E-state index is 0.0724. The van der Waals surface area contributed by atoms with E-state index in [1.54, 1.807) is 11.9 Å². The Bertz CT molecular complexity index is 1170. The predicted octanol–water partition coefficient (Wildman–Crippen LogP) is 8.19. The van der Waals surface area contributed by atoms with Crippen molar-refractivity contribution in [3.05, 3.63) is 51.7 Å². The fourth-order valence-corrected chi connectivity index (χ4v) is 7.54. The summed E-state index contributed by atoms with van der Waals surface area (Å²) in [5, 5.41) is 14.5. The van der Waals surface area contributed by atoms with E-state index in [2.05, 4.69) is 40.7 Å². The van der Waals surface area contributed by atoms with Crippen molar-refractivity contribution in [2.24, 2.45) is 0 Å². The first-order valence-electron chi connectivity index (χ1n) is 18.0. The van der Waals surface area contributed by atoms with E-state index < -0.39 is 5.97 Å². The van der Waals surface area contributed by atoms with Crippen LogP contribution in [0.15, 0.2) is 35.7 Å². The second-order valence-corrected chi connectivity index (χ2v) is 14.0. The van der Waals surface area contributed by atoms with Gasteiger partial charge >= 0.3 is 5.97 Å². The summed E-state index contributed by atoms with van der Waals surface area (Å²) in [5.41, 5.74) is 3.22. The second kappa shape index (κ2) is 22.0. The number of fused-ring (bicyclic) bond motifs is 1. The van der Waals surface area contributed by atoms with E-state index in [1.807, 2.05) is 23.5 Å². The number of nitrogens with one attached hydrogen (secondary N) is 1. The van der Waals surface area contributed by atoms with E-state index in [0.717, 1.165) is 88.5 Å². The van der Waals surface area contributed by atoms with Crippen molar-refractivity contribution < 1.29 is 19.5 Å². The molecular weight excluding hydrogens is 595 g/mol. The van der Waals surface area contributed by atoms with Gasteiger partial charge in [0.2, 0.25) is 11.8 Å². The molecule has 3 rings (SSSR count). The van der Waals surface area contributed by atoms with Gasteiger partial charge in [0.1, 0.15) is 6.54 Å². The Labute approximate surface area is 282 Å². The fourth-order valence-electron chi connectivity index (χ4n) is 6.84. The van der Waals surface area contributed by atoms with Crippen LogP contribution in [0.1, 0.15) is 126 Å². The van der Waals surface area contributed by atoms with Crippen LogP contribution in [0.3, 0.4) is 0 Å². The number of anilines is 1. The summed E-state index contributed by atoms with van der Waals surface area (Å²) >= 11 is 1.83. The highest BCUT2D eigenvalue weighted by molar-refractivity contribution is 7.09. The summed E-state index contributed by atoms with van der Waals surface area (Å²) in [6.07, 6.45) is 19.8. The van der Waals surface area contributed by atoms with Crippen molar-refractivity contribution in [2.45, 2.75) is 135 Å². The molecule has 1 aromatic carbocycles. The van der Waals surface area contributed by atoms with Gasteiger partial charge in [0.25, 0.3) is 0 Å². The Balaban J connectivity index is 1.40. The molecule has 0 fully saturated rings. The zero-order valence-electron chi connectivity index (χ0n) is 28.6. The maximum absolute atomic E-state index is 13.4. The number of carbonyl (C=O) groups excluding carboxylic acids is 2. The van der Waals surface area contributed by atoms with Crippen molar-refractivity contribution in [1.29, 1.82) is 0 Å². The first-order valence-corrected chi connectivity index (χ1v) is 18.9. The molecule has 2 amide bonds. The van der Waals surface area contributed by atoms with Crippen LogP contribution in [0.4, 0.5) is 5.69 Å². The highest BCUT2D eigenvalue weighted by Crippen LogP contribution is 2.33. The van der Waals surface area contributed by atoms with Gasteiger partial charge < -0.3 is 15.3 Å². The summed E-state index contributed by atoms with van der Waals surface area (Å²) in [4.78, 5) is 42.1. The highest BCUT2D eigenvalue weighted by Gasteiger charge is 2.28. The molecule has 8 heteroatoms. The van der Waals surface area contributed by atoms with Gasteiger partial charge in [-0.05, 0) is 80.1 Å². The SMILES string of the molecule is CCCN(CCc1cccs1)[C@H]1CCc2c(cccc2N(CC(=O)O)C(=O)CCCCCCCCCCCCCCC(=O)NC)C1. The zero-order valence-corrected chi connectivity index (χ0v) is 29.4. The van der Waals surface area contributed by atoms with Crippen LogP contribution in [0.5, 0.6) is 0 Å². The predicted molar refractivity (Wildman–Crippen MR) is 191 cm³/mol. The Morgan fingerprint density at radius 1 is 0.870 bits per heavy atom. The number of hydrogen-bond acceptors (Lipinski definition) is 5. The Kier molecular flexibility index (Phi) is 18.0. The third-order valence-corrected chi connectivity index (χ3v) is 10.3. The van der Waals surface area contributed by atoms with Crippen LogP contribution < -0.4 is 10.2 Å². The van der Waals surface area contributed by atoms with Crippen LogP contribution in [0, 0.1) is 0 Å². The zero-order chi connectivity index (χ0) is 33.0. The summed E-state index contributed by atoms with van der Waals surface area (Å²) in [7, 11) is 1.69. The molecule has 0 unspecified atom stereocenters. The molecule has 0 saturated heterocycles. The third kappa shape index (κ3) is 13.6. The number of hydrogen-bond donors (Lipinski definition) is 2. The Morgan fingerprint density at radius 3 is 2.11 bits per heavy atom. The molecule has 46 heavy (non-hydrogen) atoms. The summed E-state index contributed by atoms with van der Waals surface area (Å²) in [6, 6.07) is 10.9. The van der Waals surface area contributed by atoms with Crippen LogP contribution in [0.2, 0.25) is 0 Å². The summed E-state index contributed by atoms with van der Waals surface area (Å²) in [5.74, 6) is -0.900.